The van der Waals surface area contributed by atoms with Crippen LogP contribution in [0.25, 0.3) is 16.5 Å². The number of rotatable bonds is 8. The van der Waals surface area contributed by atoms with E-state index in [0.717, 1.165) is 17.7 Å². The number of aliphatic hydroxyl groups is 1. The Bertz CT molecular complexity index is 1590. The molecule has 4 aromatic rings. The molecule has 0 spiro atoms. The third-order valence-electron chi connectivity index (χ3n) is 5.89. The number of aromatic nitrogens is 4. The molecule has 208 valence electrons. The summed E-state index contributed by atoms with van der Waals surface area (Å²) in [7, 11) is 3.38. The first-order valence-electron chi connectivity index (χ1n) is 11.7. The highest BCUT2D eigenvalue weighted by molar-refractivity contribution is 6.34. The lowest BCUT2D eigenvalue weighted by molar-refractivity contribution is -0.189. The summed E-state index contributed by atoms with van der Waals surface area (Å²) in [6, 6.07) is 6.67. The van der Waals surface area contributed by atoms with Gasteiger partial charge in [-0.15, -0.1) is 5.10 Å². The largest absolute Gasteiger partial charge is 0.480 e. The van der Waals surface area contributed by atoms with Crippen molar-refractivity contribution in [1.82, 2.24) is 19.3 Å². The Morgan fingerprint density at radius 2 is 1.92 bits per heavy atom. The minimum absolute atomic E-state index is 0.0200. The summed E-state index contributed by atoms with van der Waals surface area (Å²) in [4.78, 5) is 18.7. The highest BCUT2D eigenvalue weighted by Crippen LogP contribution is 2.42. The van der Waals surface area contributed by atoms with E-state index < -0.39 is 30.4 Å². The van der Waals surface area contributed by atoms with E-state index >= 15 is 0 Å². The first-order chi connectivity index (χ1) is 18.4. The number of aliphatic hydroxyl groups excluding tert-OH is 1. The molecule has 4 rings (SSSR count). The molecule has 0 bridgehead atoms. The van der Waals surface area contributed by atoms with E-state index in [4.69, 9.17) is 21.1 Å². The average molecular weight is 570 g/mol. The Morgan fingerprint density at radius 1 is 1.21 bits per heavy atom. The molecular weight excluding hydrogens is 546 g/mol. The molecule has 0 fully saturated rings. The Kier molecular flexibility index (Phi) is 7.75. The molecule has 0 aliphatic carbocycles. The van der Waals surface area contributed by atoms with Crippen LogP contribution < -0.4 is 20.1 Å². The summed E-state index contributed by atoms with van der Waals surface area (Å²) in [6.45, 7) is 2.17. The van der Waals surface area contributed by atoms with E-state index in [-0.39, 0.29) is 51.2 Å². The topological polar surface area (TPSA) is 94.6 Å². The zero-order chi connectivity index (χ0) is 28.6. The number of pyridine rings is 1. The molecule has 14 heteroatoms. The van der Waals surface area contributed by atoms with Gasteiger partial charge in [0.15, 0.2) is 23.5 Å². The number of alkyl halides is 3. The van der Waals surface area contributed by atoms with E-state index in [1.54, 1.807) is 25.9 Å². The number of fused-ring (bicyclic) bond motifs is 1. The molecule has 2 aromatic heterocycles. The van der Waals surface area contributed by atoms with Crippen LogP contribution in [-0.2, 0) is 13.2 Å². The fourth-order valence-corrected chi connectivity index (χ4v) is 4.24. The molecule has 9 nitrogen and oxygen atoms in total. The number of nitrogens with zero attached hydrogens (tertiary/aromatic N) is 5. The maximum atomic E-state index is 14.8. The molecule has 0 amide bonds. The van der Waals surface area contributed by atoms with Gasteiger partial charge in [0.2, 0.25) is 5.88 Å². The summed E-state index contributed by atoms with van der Waals surface area (Å²) in [5.41, 5.74) is -0.117. The second-order valence-electron chi connectivity index (χ2n) is 8.68. The molecule has 0 aliphatic rings. The molecule has 1 unspecified atom stereocenters. The second-order valence-corrected chi connectivity index (χ2v) is 9.06. The fourth-order valence-electron chi connectivity index (χ4n) is 3.88. The Morgan fingerprint density at radius 3 is 2.51 bits per heavy atom. The predicted molar refractivity (Wildman–Crippen MR) is 137 cm³/mol. The van der Waals surface area contributed by atoms with Gasteiger partial charge in [0.1, 0.15) is 17.4 Å². The molecule has 2 aromatic carbocycles. The van der Waals surface area contributed by atoms with Crippen LogP contribution >= 0.6 is 11.6 Å². The molecule has 1 N–H and O–H groups in total. The van der Waals surface area contributed by atoms with Crippen molar-refractivity contribution in [3.05, 3.63) is 63.7 Å². The van der Waals surface area contributed by atoms with E-state index in [1.807, 2.05) is 0 Å². The van der Waals surface area contributed by atoms with Gasteiger partial charge in [-0.05, 0) is 43.5 Å². The van der Waals surface area contributed by atoms with E-state index in [0.29, 0.717) is 5.69 Å². The zero-order valence-corrected chi connectivity index (χ0v) is 22.0. The van der Waals surface area contributed by atoms with Gasteiger partial charge >= 0.3 is 11.9 Å². The van der Waals surface area contributed by atoms with Crippen LogP contribution in [0, 0.1) is 5.82 Å². The lowest BCUT2D eigenvalue weighted by atomic mass is 10.1. The summed E-state index contributed by atoms with van der Waals surface area (Å²) < 4.78 is 68.5. The summed E-state index contributed by atoms with van der Waals surface area (Å²) >= 11 is 6.38. The molecule has 0 saturated heterocycles. The standard InChI is InChI=1S/C25H24ClF4N5O4/c1-5-34-19(12-36)32-35(24(34)37)15-10-14-8-9-31-23(20(14)18(11-15)38-13(2)25(28,29)30)39-22-16(27)6-7-17(21(22)26)33(3)4/h6-11,13,36H,5,12H2,1-4H3. The fraction of sp³-hybridized carbons (Fsp3) is 0.320. The smallest absolute Gasteiger partial charge is 0.425 e. The minimum atomic E-state index is -4.73. The molecule has 39 heavy (non-hydrogen) atoms. The zero-order valence-electron chi connectivity index (χ0n) is 21.3. The number of ether oxygens (including phenoxy) is 2. The first kappa shape index (κ1) is 28.2. The quantitative estimate of drug-likeness (QED) is 0.296. The maximum absolute atomic E-state index is 14.8. The van der Waals surface area contributed by atoms with Crippen molar-refractivity contribution < 1.29 is 32.1 Å². The van der Waals surface area contributed by atoms with Crippen LogP contribution in [0.15, 0.2) is 41.3 Å². The van der Waals surface area contributed by atoms with Crippen molar-refractivity contribution in [2.75, 3.05) is 19.0 Å². The number of anilines is 1. The van der Waals surface area contributed by atoms with Crippen molar-refractivity contribution in [2.24, 2.45) is 0 Å². The van der Waals surface area contributed by atoms with Crippen molar-refractivity contribution in [3.8, 4) is 23.1 Å². The molecular formula is C25H24ClF4N5O4. The first-order valence-corrected chi connectivity index (χ1v) is 12.0. The Balaban J connectivity index is 1.95. The predicted octanol–water partition coefficient (Wildman–Crippen LogP) is 5.07. The van der Waals surface area contributed by atoms with Crippen molar-refractivity contribution >= 4 is 28.1 Å². The monoisotopic (exact) mass is 569 g/mol. The number of hydrogen-bond donors (Lipinski definition) is 1. The van der Waals surface area contributed by atoms with Gasteiger partial charge in [0, 0.05) is 32.9 Å². The molecule has 0 aliphatic heterocycles. The average Bonchev–Trinajstić information content (AvgIpc) is 3.20. The molecule has 1 atom stereocenters. The van der Waals surface area contributed by atoms with Crippen molar-refractivity contribution in [1.29, 1.82) is 0 Å². The van der Waals surface area contributed by atoms with Crippen LogP contribution in [0.3, 0.4) is 0 Å². The minimum Gasteiger partial charge on any atom is -0.480 e. The van der Waals surface area contributed by atoms with E-state index in [2.05, 4.69) is 10.1 Å². The third kappa shape index (κ3) is 5.36. The molecule has 0 saturated carbocycles. The van der Waals surface area contributed by atoms with Crippen LogP contribution in [0.2, 0.25) is 5.02 Å². The van der Waals surface area contributed by atoms with Gasteiger partial charge in [-0.1, -0.05) is 11.6 Å². The van der Waals surface area contributed by atoms with Gasteiger partial charge < -0.3 is 19.5 Å². The number of hydrogen-bond acceptors (Lipinski definition) is 7. The highest BCUT2D eigenvalue weighted by atomic mass is 35.5. The normalized spacial score (nSPS) is 12.6. The van der Waals surface area contributed by atoms with Crippen molar-refractivity contribution in [2.45, 2.75) is 39.3 Å². The Hall–Kier alpha value is -3.84. The number of benzene rings is 2. The summed E-state index contributed by atoms with van der Waals surface area (Å²) in [5, 5.41) is 13.9. The van der Waals surface area contributed by atoms with Gasteiger partial charge in [-0.3, -0.25) is 4.57 Å². The lowest BCUT2D eigenvalue weighted by Gasteiger charge is -2.21. The third-order valence-corrected chi connectivity index (χ3v) is 6.26. The lowest BCUT2D eigenvalue weighted by Crippen LogP contribution is -2.31. The van der Waals surface area contributed by atoms with Gasteiger partial charge in [-0.25, -0.2) is 14.2 Å². The summed E-state index contributed by atoms with van der Waals surface area (Å²) in [6.07, 6.45) is -5.70. The second kappa shape index (κ2) is 10.7. The van der Waals surface area contributed by atoms with E-state index in [1.165, 1.54) is 35.0 Å². The van der Waals surface area contributed by atoms with E-state index in [9.17, 15) is 27.5 Å². The van der Waals surface area contributed by atoms with Gasteiger partial charge in [0.25, 0.3) is 0 Å². The van der Waals surface area contributed by atoms with Gasteiger partial charge in [0.05, 0.1) is 16.8 Å². The highest BCUT2D eigenvalue weighted by Gasteiger charge is 2.38. The Labute approximate surface area is 224 Å². The van der Waals surface area contributed by atoms with Gasteiger partial charge in [-0.2, -0.15) is 17.9 Å². The number of halogens is 5. The van der Waals surface area contributed by atoms with Crippen LogP contribution in [-0.4, -0.2) is 50.8 Å². The molecule has 0 radical (unpaired) electrons. The van der Waals surface area contributed by atoms with Crippen LogP contribution in [0.4, 0.5) is 23.2 Å². The SMILES string of the molecule is CCn1c(CO)nn(-c2cc(OC(C)C(F)(F)F)c3c(Oc4c(F)ccc(N(C)C)c4Cl)nccc3c2)c1=O. The van der Waals surface area contributed by atoms with Crippen molar-refractivity contribution in [3.63, 3.8) is 0 Å². The maximum Gasteiger partial charge on any atom is 0.425 e. The van der Waals surface area contributed by atoms with Crippen LogP contribution in [0.1, 0.15) is 19.7 Å². The van der Waals surface area contributed by atoms with Crippen LogP contribution in [0.5, 0.6) is 17.4 Å². The summed E-state index contributed by atoms with van der Waals surface area (Å²) in [5.74, 6) is -1.76. The molecule has 2 heterocycles.